The largest absolute Gasteiger partial charge is 0.481 e. The minimum Gasteiger partial charge on any atom is -0.481 e. The Bertz CT molecular complexity index is 1690. The maximum absolute atomic E-state index is 13.6. The Balaban J connectivity index is 1.35. The van der Waals surface area contributed by atoms with Crippen molar-refractivity contribution in [3.63, 3.8) is 0 Å². The van der Waals surface area contributed by atoms with E-state index in [-0.39, 0.29) is 51.1 Å². The normalized spacial score (nSPS) is 41.7. The van der Waals surface area contributed by atoms with Crippen molar-refractivity contribution in [3.05, 3.63) is 42.5 Å². The first-order chi connectivity index (χ1) is 24.4. The minimum atomic E-state index is -0.624. The molecule has 52 heavy (non-hydrogen) atoms. The lowest BCUT2D eigenvalue weighted by molar-refractivity contribution is -0.252. The van der Waals surface area contributed by atoms with E-state index in [0.29, 0.717) is 37.6 Å². The zero-order valence-electron chi connectivity index (χ0n) is 33.5. The molecule has 7 rings (SSSR count). The Morgan fingerprint density at radius 2 is 1.79 bits per heavy atom. The molecule has 4 aliphatic carbocycles. The van der Waals surface area contributed by atoms with Gasteiger partial charge in [0.1, 0.15) is 6.33 Å². The van der Waals surface area contributed by atoms with E-state index in [1.54, 1.807) is 6.33 Å². The highest BCUT2D eigenvalue weighted by atomic mass is 16.5. The second kappa shape index (κ2) is 12.7. The maximum atomic E-state index is 13.6. The first kappa shape index (κ1) is 37.7. The average Bonchev–Trinajstić information content (AvgIpc) is 3.58. The Morgan fingerprint density at radius 1 is 1.08 bits per heavy atom. The van der Waals surface area contributed by atoms with Crippen LogP contribution in [0, 0.1) is 62.6 Å². The molecule has 0 amide bonds. The predicted molar refractivity (Wildman–Crippen MR) is 203 cm³/mol. The molecule has 0 radical (unpaired) electrons. The summed E-state index contributed by atoms with van der Waals surface area (Å²) in [7, 11) is 0. The summed E-state index contributed by atoms with van der Waals surface area (Å²) >= 11 is 0. The Labute approximate surface area is 311 Å². The van der Waals surface area contributed by atoms with Gasteiger partial charge in [-0.15, -0.1) is 0 Å². The molecular formula is C43H65N5O4. The number of ether oxygens (including phenoxy) is 2. The van der Waals surface area contributed by atoms with Gasteiger partial charge in [-0.3, -0.25) is 9.78 Å². The fourth-order valence-electron chi connectivity index (χ4n) is 12.8. The van der Waals surface area contributed by atoms with Crippen LogP contribution in [-0.2, 0) is 14.3 Å². The van der Waals surface area contributed by atoms with Crippen molar-refractivity contribution in [2.24, 2.45) is 68.3 Å². The zero-order chi connectivity index (χ0) is 37.6. The summed E-state index contributed by atoms with van der Waals surface area (Å²) in [4.78, 5) is 22.6. The number of nitrogens with zero attached hydrogens (tertiary/aromatic N) is 4. The van der Waals surface area contributed by atoms with E-state index in [9.17, 15) is 9.90 Å². The molecule has 2 aromatic rings. The summed E-state index contributed by atoms with van der Waals surface area (Å²) in [6.07, 6.45) is 13.3. The number of fused-ring (bicyclic) bond motifs is 3. The monoisotopic (exact) mass is 716 g/mol. The molecule has 1 saturated heterocycles. The zero-order valence-corrected chi connectivity index (χ0v) is 33.5. The van der Waals surface area contributed by atoms with E-state index < -0.39 is 17.4 Å². The third-order valence-electron chi connectivity index (χ3n) is 16.8. The fourth-order valence-corrected chi connectivity index (χ4v) is 12.8. The molecule has 4 fully saturated rings. The smallest absolute Gasteiger partial charge is 0.307 e. The van der Waals surface area contributed by atoms with Gasteiger partial charge < -0.3 is 20.3 Å². The van der Waals surface area contributed by atoms with Gasteiger partial charge >= 0.3 is 5.97 Å². The quantitative estimate of drug-likeness (QED) is 0.249. The van der Waals surface area contributed by atoms with Crippen LogP contribution < -0.4 is 5.73 Å². The minimum absolute atomic E-state index is 0.104. The van der Waals surface area contributed by atoms with Crippen molar-refractivity contribution in [1.29, 1.82) is 0 Å². The summed E-state index contributed by atoms with van der Waals surface area (Å²) in [5.74, 6) is 1.39. The van der Waals surface area contributed by atoms with Gasteiger partial charge in [-0.05, 0) is 103 Å². The Morgan fingerprint density at radius 3 is 2.44 bits per heavy atom. The molecule has 12 atom stereocenters. The molecule has 3 N–H and O–H groups in total. The number of hydrogen-bond acceptors (Lipinski definition) is 7. The van der Waals surface area contributed by atoms with E-state index in [1.165, 1.54) is 5.57 Å². The molecule has 1 aliphatic heterocycles. The van der Waals surface area contributed by atoms with E-state index in [1.807, 2.05) is 24.5 Å². The van der Waals surface area contributed by atoms with Gasteiger partial charge in [0.25, 0.3) is 0 Å². The first-order valence-electron chi connectivity index (χ1n) is 20.1. The van der Waals surface area contributed by atoms with Crippen LogP contribution in [0.4, 0.5) is 0 Å². The topological polar surface area (TPSA) is 125 Å². The van der Waals surface area contributed by atoms with Crippen LogP contribution in [0.25, 0.3) is 11.4 Å². The number of hydrogen-bond donors (Lipinski definition) is 2. The van der Waals surface area contributed by atoms with Gasteiger partial charge in [-0.2, -0.15) is 5.10 Å². The standard InChI is InChI=1S/C43H65N5O4/c1-26(2)28(5)38(6)17-18-40(8)30-11-12-33-39(7)22-51-24-43(33,31(30)13-16-41(40,9)34(38)37(49)50)21-32(35(39)52-23-42(10,44)27(3)4)48-36(46-25-47-48)29-14-19-45-20-15-29/h13-15,19-20,25-28,30,32-35H,11-12,16-18,21-24,44H2,1-10H3,(H,49,50)/t28-,30+,32-,33+,34-,35+,38-,39?,40-,41+,42+,43+/m1/s1. The van der Waals surface area contributed by atoms with Crippen molar-refractivity contribution in [2.45, 2.75) is 125 Å². The second-order valence-electron chi connectivity index (χ2n) is 19.8. The van der Waals surface area contributed by atoms with Crippen LogP contribution >= 0.6 is 0 Å². The average molecular weight is 716 g/mol. The summed E-state index contributed by atoms with van der Waals surface area (Å²) in [6.45, 7) is 24.4. The van der Waals surface area contributed by atoms with Crippen LogP contribution in [0.15, 0.2) is 42.5 Å². The molecule has 9 nitrogen and oxygen atoms in total. The summed E-state index contributed by atoms with van der Waals surface area (Å²) in [5, 5.41) is 16.1. The Hall–Kier alpha value is -2.62. The highest BCUT2D eigenvalue weighted by Gasteiger charge is 2.72. The van der Waals surface area contributed by atoms with Gasteiger partial charge in [0.15, 0.2) is 5.82 Å². The van der Waals surface area contributed by atoms with Crippen molar-refractivity contribution < 1.29 is 19.4 Å². The first-order valence-corrected chi connectivity index (χ1v) is 20.1. The van der Waals surface area contributed by atoms with Gasteiger partial charge in [-0.1, -0.05) is 74.0 Å². The highest BCUT2D eigenvalue weighted by molar-refractivity contribution is 5.73. The molecule has 5 aliphatic rings. The SMILES string of the molecule is CC(C)[C@@H](C)[C@@]1(C)CC[C@]2(C)[C@H]3CC[C@H]4C5(C)COC[C@@]4(C[C@@H](n4ncnc4-c4ccncc4)[C@@H]5OC[C@](C)(N)C(C)C)C3=CC[C@@]2(C)[C@@H]1C(=O)O. The van der Waals surface area contributed by atoms with E-state index in [4.69, 9.17) is 25.3 Å². The van der Waals surface area contributed by atoms with Crippen molar-refractivity contribution in [3.8, 4) is 11.4 Å². The molecule has 0 aromatic carbocycles. The molecule has 3 saturated carbocycles. The van der Waals surface area contributed by atoms with Gasteiger partial charge in [-0.25, -0.2) is 9.67 Å². The Kier molecular flexibility index (Phi) is 9.22. The number of aliphatic carboxylic acids is 1. The number of pyridine rings is 1. The predicted octanol–water partition coefficient (Wildman–Crippen LogP) is 8.23. The summed E-state index contributed by atoms with van der Waals surface area (Å²) in [6, 6.07) is 3.90. The number of nitrogens with two attached hydrogens (primary N) is 1. The molecule has 2 bridgehead atoms. The van der Waals surface area contributed by atoms with Crippen molar-refractivity contribution in [1.82, 2.24) is 19.7 Å². The lowest BCUT2D eigenvalue weighted by Gasteiger charge is -2.71. The van der Waals surface area contributed by atoms with Crippen molar-refractivity contribution in [2.75, 3.05) is 19.8 Å². The van der Waals surface area contributed by atoms with Crippen LogP contribution in [0.5, 0.6) is 0 Å². The third kappa shape index (κ3) is 5.25. The highest BCUT2D eigenvalue weighted by Crippen LogP contribution is 2.75. The molecule has 9 heteroatoms. The van der Waals surface area contributed by atoms with E-state index >= 15 is 0 Å². The van der Waals surface area contributed by atoms with Crippen LogP contribution in [-0.4, -0.2) is 62.3 Å². The van der Waals surface area contributed by atoms with Gasteiger partial charge in [0.2, 0.25) is 0 Å². The molecule has 0 spiro atoms. The van der Waals surface area contributed by atoms with E-state index in [2.05, 4.69) is 85.0 Å². The third-order valence-corrected chi connectivity index (χ3v) is 16.8. The number of carbonyl (C=O) groups is 1. The van der Waals surface area contributed by atoms with E-state index in [0.717, 1.165) is 49.9 Å². The summed E-state index contributed by atoms with van der Waals surface area (Å²) < 4.78 is 16.1. The van der Waals surface area contributed by atoms with Crippen LogP contribution in [0.3, 0.4) is 0 Å². The number of rotatable bonds is 9. The van der Waals surface area contributed by atoms with Crippen LogP contribution in [0.2, 0.25) is 0 Å². The number of carboxylic acid groups (broad SMARTS) is 1. The van der Waals surface area contributed by atoms with Crippen molar-refractivity contribution >= 4 is 5.97 Å². The summed E-state index contributed by atoms with van der Waals surface area (Å²) in [5.41, 5.74) is 7.56. The molecule has 2 aromatic heterocycles. The number of allylic oxidation sites excluding steroid dienone is 1. The second-order valence-corrected chi connectivity index (χ2v) is 19.8. The lowest BCUT2D eigenvalue weighted by Crippen LogP contribution is -2.69. The number of carboxylic acids is 1. The molecule has 286 valence electrons. The fraction of sp³-hybridized carbons (Fsp3) is 0.767. The molecule has 3 heterocycles. The van der Waals surface area contributed by atoms with Crippen LogP contribution in [0.1, 0.15) is 114 Å². The van der Waals surface area contributed by atoms with Gasteiger partial charge in [0.05, 0.1) is 37.9 Å². The number of aromatic nitrogens is 4. The molecule has 1 unspecified atom stereocenters. The molecular weight excluding hydrogens is 651 g/mol. The lowest BCUT2D eigenvalue weighted by atomic mass is 9.34. The maximum Gasteiger partial charge on any atom is 0.307 e. The van der Waals surface area contributed by atoms with Gasteiger partial charge in [0, 0.05) is 34.3 Å².